The van der Waals surface area contributed by atoms with E-state index in [9.17, 15) is 19.2 Å². The predicted octanol–water partition coefficient (Wildman–Crippen LogP) is 6.44. The molecule has 3 aromatic carbocycles. The molecular weight excluding hydrogens is 644 g/mol. The largest absolute Gasteiger partial charge is 0.493 e. The molecule has 5 rings (SSSR count). The Morgan fingerprint density at radius 1 is 0.660 bits per heavy atom. The van der Waals surface area contributed by atoms with Gasteiger partial charge in [0.05, 0.1) is 14.2 Å². The first-order chi connectivity index (χ1) is 24.1. The highest BCUT2D eigenvalue weighted by Gasteiger charge is 2.23. The van der Waals surface area contributed by atoms with Crippen LogP contribution in [0.25, 0.3) is 0 Å². The van der Waals surface area contributed by atoms with Crippen LogP contribution in [0.1, 0.15) is 68.2 Å². The van der Waals surface area contributed by atoms with Crippen molar-refractivity contribution < 1.29 is 47.6 Å². The van der Waals surface area contributed by atoms with E-state index in [-0.39, 0.29) is 19.3 Å². The van der Waals surface area contributed by atoms with E-state index in [0.717, 1.165) is 24.0 Å². The molecule has 1 fully saturated rings. The first-order valence-corrected chi connectivity index (χ1v) is 16.7. The summed E-state index contributed by atoms with van der Waals surface area (Å²) < 4.78 is 31.0. The Labute approximate surface area is 292 Å². The number of hydrogen-bond acceptors (Lipinski definition) is 10. The molecule has 50 heavy (non-hydrogen) atoms. The number of benzene rings is 3. The molecule has 3 aromatic rings. The molecule has 268 valence electrons. The number of esters is 2. The smallest absolute Gasteiger partial charge is 0.407 e. The van der Waals surface area contributed by atoms with Crippen LogP contribution < -0.4 is 29.6 Å². The monoisotopic (exact) mass is 690 g/mol. The highest BCUT2D eigenvalue weighted by atomic mass is 16.6. The van der Waals surface area contributed by atoms with E-state index in [1.165, 1.54) is 71.3 Å². The maximum absolute atomic E-state index is 12.1. The zero-order valence-corrected chi connectivity index (χ0v) is 29.1. The summed E-state index contributed by atoms with van der Waals surface area (Å²) in [7, 11) is 2.97. The number of fused-ring (bicyclic) bond motifs is 1. The maximum atomic E-state index is 12.1. The third-order valence-corrected chi connectivity index (χ3v) is 8.34. The fourth-order valence-electron chi connectivity index (χ4n) is 5.92. The standard InChI is InChI=1S/C20H21NO5.C18H25NO5/c1-13(22)26-18-8-7-14(9-19(18)24-2)12-25-20(23)21-17-10-15-5-3-4-6-16(15)11-17;1-13(20)24-16-9-8-15(10-17(16)22-2)12-23-18(21)19-11-14-6-4-3-5-7-14/h3-9,17H,10-12H2,1-2H3,(H,21,23);8-10,14H,3-7,11-12H2,1-2H3,(H,19,21). The first-order valence-electron chi connectivity index (χ1n) is 16.7. The zero-order valence-electron chi connectivity index (χ0n) is 29.1. The number of amides is 2. The van der Waals surface area contributed by atoms with E-state index in [1.54, 1.807) is 36.4 Å². The van der Waals surface area contributed by atoms with Gasteiger partial charge in [-0.15, -0.1) is 0 Å². The number of rotatable bonds is 11. The molecule has 2 aliphatic rings. The van der Waals surface area contributed by atoms with Gasteiger partial charge in [0.2, 0.25) is 0 Å². The fraction of sp³-hybridized carbons (Fsp3) is 0.421. The van der Waals surface area contributed by atoms with Crippen LogP contribution in [-0.2, 0) is 45.1 Å². The first kappa shape index (κ1) is 37.6. The number of carbonyl (C=O) groups is 4. The van der Waals surface area contributed by atoms with Gasteiger partial charge in [-0.2, -0.15) is 0 Å². The van der Waals surface area contributed by atoms with Crippen LogP contribution in [0, 0.1) is 5.92 Å². The molecule has 12 nitrogen and oxygen atoms in total. The Kier molecular flexibility index (Phi) is 14.3. The normalized spacial score (nSPS) is 13.8. The number of carbonyl (C=O) groups excluding carboxylic acids is 4. The molecule has 0 bridgehead atoms. The lowest BCUT2D eigenvalue weighted by Gasteiger charge is -2.21. The molecule has 0 aromatic heterocycles. The van der Waals surface area contributed by atoms with Gasteiger partial charge in [-0.25, -0.2) is 9.59 Å². The summed E-state index contributed by atoms with van der Waals surface area (Å²) in [5.74, 6) is 1.23. The van der Waals surface area contributed by atoms with Crippen molar-refractivity contribution in [1.29, 1.82) is 0 Å². The number of hydrogen-bond donors (Lipinski definition) is 2. The lowest BCUT2D eigenvalue weighted by atomic mass is 9.89. The molecule has 1 saturated carbocycles. The number of nitrogens with one attached hydrogen (secondary N) is 2. The van der Waals surface area contributed by atoms with Crippen LogP contribution in [0.2, 0.25) is 0 Å². The summed E-state index contributed by atoms with van der Waals surface area (Å²) in [6, 6.07) is 18.3. The van der Waals surface area contributed by atoms with Crippen molar-refractivity contribution in [3.63, 3.8) is 0 Å². The van der Waals surface area contributed by atoms with Crippen LogP contribution in [0.5, 0.6) is 23.0 Å². The van der Waals surface area contributed by atoms with Gasteiger partial charge in [0.15, 0.2) is 23.0 Å². The molecule has 0 spiro atoms. The summed E-state index contributed by atoms with van der Waals surface area (Å²) in [4.78, 5) is 45.9. The molecule has 0 heterocycles. The molecular formula is C38H46N2O10. The van der Waals surface area contributed by atoms with Crippen molar-refractivity contribution in [3.05, 3.63) is 82.9 Å². The average molecular weight is 691 g/mol. The third-order valence-electron chi connectivity index (χ3n) is 8.34. The Hall–Kier alpha value is -5.26. The molecule has 0 radical (unpaired) electrons. The molecule has 0 atom stereocenters. The summed E-state index contributed by atoms with van der Waals surface area (Å²) in [5.41, 5.74) is 4.03. The van der Waals surface area contributed by atoms with Crippen LogP contribution >= 0.6 is 0 Å². The lowest BCUT2D eigenvalue weighted by molar-refractivity contribution is -0.132. The molecule has 2 aliphatic carbocycles. The second-order valence-electron chi connectivity index (χ2n) is 12.2. The van der Waals surface area contributed by atoms with Gasteiger partial charge in [-0.1, -0.05) is 55.7 Å². The maximum Gasteiger partial charge on any atom is 0.407 e. The summed E-state index contributed by atoms with van der Waals surface area (Å²) in [6.45, 7) is 3.55. The van der Waals surface area contributed by atoms with E-state index >= 15 is 0 Å². The highest BCUT2D eigenvalue weighted by molar-refractivity contribution is 5.71. The molecule has 0 aliphatic heterocycles. The third kappa shape index (κ3) is 12.0. The van der Waals surface area contributed by atoms with Gasteiger partial charge in [0.25, 0.3) is 0 Å². The van der Waals surface area contributed by atoms with Gasteiger partial charge in [-0.05, 0) is 78.1 Å². The van der Waals surface area contributed by atoms with Crippen LogP contribution in [0.15, 0.2) is 60.7 Å². The number of methoxy groups -OCH3 is 2. The van der Waals surface area contributed by atoms with Crippen molar-refractivity contribution in [2.75, 3.05) is 20.8 Å². The molecule has 2 N–H and O–H groups in total. The van der Waals surface area contributed by atoms with Crippen molar-refractivity contribution in [2.24, 2.45) is 5.92 Å². The van der Waals surface area contributed by atoms with Crippen molar-refractivity contribution >= 4 is 24.1 Å². The predicted molar refractivity (Wildman–Crippen MR) is 184 cm³/mol. The quantitative estimate of drug-likeness (QED) is 0.170. The number of ether oxygens (including phenoxy) is 6. The van der Waals surface area contributed by atoms with E-state index in [4.69, 9.17) is 28.4 Å². The Bertz CT molecular complexity index is 1590. The second kappa shape index (κ2) is 19.1. The summed E-state index contributed by atoms with van der Waals surface area (Å²) in [5, 5.41) is 5.73. The zero-order chi connectivity index (χ0) is 35.9. The topological polar surface area (TPSA) is 148 Å². The van der Waals surface area contributed by atoms with Crippen LogP contribution in [-0.4, -0.2) is 50.9 Å². The van der Waals surface area contributed by atoms with Gasteiger partial charge in [0, 0.05) is 26.4 Å². The van der Waals surface area contributed by atoms with Crippen molar-refractivity contribution in [1.82, 2.24) is 10.6 Å². The Morgan fingerprint density at radius 3 is 1.64 bits per heavy atom. The Morgan fingerprint density at radius 2 is 1.16 bits per heavy atom. The minimum atomic E-state index is -0.453. The van der Waals surface area contributed by atoms with Crippen molar-refractivity contribution in [3.8, 4) is 23.0 Å². The van der Waals surface area contributed by atoms with Crippen LogP contribution in [0.4, 0.5) is 9.59 Å². The average Bonchev–Trinajstić information content (AvgIpc) is 3.52. The molecule has 12 heteroatoms. The lowest BCUT2D eigenvalue weighted by Crippen LogP contribution is -2.35. The minimum Gasteiger partial charge on any atom is -0.493 e. The van der Waals surface area contributed by atoms with E-state index in [1.807, 2.05) is 12.1 Å². The minimum absolute atomic E-state index is 0.0563. The van der Waals surface area contributed by atoms with Crippen LogP contribution in [0.3, 0.4) is 0 Å². The van der Waals surface area contributed by atoms with Gasteiger partial charge < -0.3 is 39.1 Å². The van der Waals surface area contributed by atoms with E-state index < -0.39 is 24.1 Å². The SMILES string of the molecule is COc1cc(COC(=O)NC2Cc3ccccc3C2)ccc1OC(C)=O.COc1cc(COC(=O)NCC2CCCCC2)ccc1OC(C)=O. The fourth-order valence-corrected chi connectivity index (χ4v) is 5.92. The molecule has 0 saturated heterocycles. The summed E-state index contributed by atoms with van der Waals surface area (Å²) >= 11 is 0. The molecule has 0 unspecified atom stereocenters. The van der Waals surface area contributed by atoms with Gasteiger partial charge >= 0.3 is 24.1 Å². The van der Waals surface area contributed by atoms with E-state index in [0.29, 0.717) is 35.5 Å². The van der Waals surface area contributed by atoms with Gasteiger partial charge in [0.1, 0.15) is 13.2 Å². The van der Waals surface area contributed by atoms with Gasteiger partial charge in [-0.3, -0.25) is 9.59 Å². The van der Waals surface area contributed by atoms with E-state index in [2.05, 4.69) is 22.8 Å². The highest BCUT2D eigenvalue weighted by Crippen LogP contribution is 2.30. The number of alkyl carbamates (subject to hydrolysis) is 2. The van der Waals surface area contributed by atoms with Crippen molar-refractivity contribution in [2.45, 2.75) is 78.0 Å². The summed E-state index contributed by atoms with van der Waals surface area (Å²) in [6.07, 6.45) is 6.91. The molecule has 2 amide bonds. The Balaban J connectivity index is 0.000000226. The second-order valence-corrected chi connectivity index (χ2v) is 12.2.